The molecule has 0 saturated carbocycles. The van der Waals surface area contributed by atoms with Crippen LogP contribution in [-0.2, 0) is 0 Å². The molecule has 1 atom stereocenters. The maximum absolute atomic E-state index is 5.51. The van der Waals surface area contributed by atoms with E-state index in [9.17, 15) is 0 Å². The summed E-state index contributed by atoms with van der Waals surface area (Å²) in [4.78, 5) is 2.35. The third-order valence-electron chi connectivity index (χ3n) is 2.62. The number of likely N-dealkylation sites (N-methyl/N-ethyl adjacent to an activating group) is 1. The smallest absolute Gasteiger partial charge is 0.0102 e. The van der Waals surface area contributed by atoms with E-state index < -0.39 is 0 Å². The number of hydrogen-bond acceptors (Lipinski definition) is 2. The molecule has 1 unspecified atom stereocenters. The van der Waals surface area contributed by atoms with Crippen molar-refractivity contribution >= 4 is 0 Å². The fraction of sp³-hybridized carbons (Fsp3) is 1.00. The summed E-state index contributed by atoms with van der Waals surface area (Å²) in [5, 5.41) is 0. The predicted molar refractivity (Wildman–Crippen MR) is 59.9 cm³/mol. The minimum absolute atomic E-state index is 0.778. The Bertz CT molecular complexity index is 104. The molecule has 13 heavy (non-hydrogen) atoms. The topological polar surface area (TPSA) is 29.3 Å². The van der Waals surface area contributed by atoms with E-state index in [0.29, 0.717) is 0 Å². The third kappa shape index (κ3) is 7.03. The Morgan fingerprint density at radius 2 is 2.00 bits per heavy atom. The second-order valence-corrected chi connectivity index (χ2v) is 3.97. The largest absolute Gasteiger partial charge is 0.329 e. The van der Waals surface area contributed by atoms with Crippen LogP contribution in [0.15, 0.2) is 0 Å². The first-order chi connectivity index (χ1) is 6.24. The van der Waals surface area contributed by atoms with Crippen molar-refractivity contribution in [2.75, 3.05) is 26.7 Å². The van der Waals surface area contributed by atoms with Gasteiger partial charge in [-0.2, -0.15) is 0 Å². The Morgan fingerprint density at radius 1 is 1.31 bits per heavy atom. The van der Waals surface area contributed by atoms with E-state index >= 15 is 0 Å². The summed E-state index contributed by atoms with van der Waals surface area (Å²) >= 11 is 0. The van der Waals surface area contributed by atoms with Crippen molar-refractivity contribution in [3.63, 3.8) is 0 Å². The van der Waals surface area contributed by atoms with Crippen molar-refractivity contribution in [2.24, 2.45) is 11.7 Å². The quantitative estimate of drug-likeness (QED) is 0.629. The van der Waals surface area contributed by atoms with Gasteiger partial charge in [-0.05, 0) is 19.4 Å². The Balaban J connectivity index is 3.56. The van der Waals surface area contributed by atoms with Crippen LogP contribution in [0.3, 0.4) is 0 Å². The Labute approximate surface area is 83.5 Å². The van der Waals surface area contributed by atoms with Crippen molar-refractivity contribution in [3.05, 3.63) is 0 Å². The number of rotatable bonds is 8. The van der Waals surface area contributed by atoms with Crippen LogP contribution in [0.5, 0.6) is 0 Å². The first-order valence-corrected chi connectivity index (χ1v) is 5.63. The van der Waals surface area contributed by atoms with Crippen LogP contribution in [0.25, 0.3) is 0 Å². The molecule has 0 aliphatic rings. The monoisotopic (exact) mass is 186 g/mol. The van der Waals surface area contributed by atoms with E-state index in [2.05, 4.69) is 25.8 Å². The number of nitrogens with zero attached hydrogens (tertiary/aromatic N) is 1. The molecular formula is C11H26N2. The molecule has 0 spiro atoms. The zero-order valence-electron chi connectivity index (χ0n) is 9.55. The van der Waals surface area contributed by atoms with Crippen LogP contribution in [-0.4, -0.2) is 31.6 Å². The van der Waals surface area contributed by atoms with E-state index in [0.717, 1.165) is 19.0 Å². The third-order valence-corrected chi connectivity index (χ3v) is 2.62. The molecular weight excluding hydrogens is 160 g/mol. The molecule has 0 saturated heterocycles. The molecule has 0 heterocycles. The molecule has 0 fully saturated rings. The summed E-state index contributed by atoms with van der Waals surface area (Å²) in [7, 11) is 2.17. The summed E-state index contributed by atoms with van der Waals surface area (Å²) in [6, 6.07) is 0. The lowest BCUT2D eigenvalue weighted by Gasteiger charge is -2.22. The SMILES string of the molecule is CCCCC(CC)CN(C)CCN. The Hall–Kier alpha value is -0.0800. The maximum Gasteiger partial charge on any atom is 0.0102 e. The van der Waals surface area contributed by atoms with Crippen LogP contribution in [0, 0.1) is 5.92 Å². The summed E-state index contributed by atoms with van der Waals surface area (Å²) in [6.45, 7) is 7.57. The van der Waals surface area contributed by atoms with E-state index in [1.54, 1.807) is 0 Å². The van der Waals surface area contributed by atoms with Crippen LogP contribution in [0.4, 0.5) is 0 Å². The molecule has 0 aromatic heterocycles. The molecule has 0 aromatic carbocycles. The van der Waals surface area contributed by atoms with Crippen LogP contribution < -0.4 is 5.73 Å². The zero-order chi connectivity index (χ0) is 10.1. The second-order valence-electron chi connectivity index (χ2n) is 3.97. The van der Waals surface area contributed by atoms with Crippen LogP contribution >= 0.6 is 0 Å². The van der Waals surface area contributed by atoms with Crippen molar-refractivity contribution in [3.8, 4) is 0 Å². The lowest BCUT2D eigenvalue weighted by Crippen LogP contribution is -2.30. The average Bonchev–Trinajstić information content (AvgIpc) is 2.12. The van der Waals surface area contributed by atoms with Gasteiger partial charge in [0.2, 0.25) is 0 Å². The molecule has 0 rings (SSSR count). The van der Waals surface area contributed by atoms with Gasteiger partial charge >= 0.3 is 0 Å². The normalized spacial score (nSPS) is 13.6. The van der Waals surface area contributed by atoms with E-state index in [1.165, 1.54) is 32.2 Å². The molecule has 2 heteroatoms. The molecule has 0 bridgehead atoms. The zero-order valence-corrected chi connectivity index (χ0v) is 9.55. The average molecular weight is 186 g/mol. The number of nitrogens with two attached hydrogens (primary N) is 1. The summed E-state index contributed by atoms with van der Waals surface area (Å²) < 4.78 is 0. The van der Waals surface area contributed by atoms with E-state index in [1.807, 2.05) is 0 Å². The number of hydrogen-bond donors (Lipinski definition) is 1. The van der Waals surface area contributed by atoms with Gasteiger partial charge in [0.05, 0.1) is 0 Å². The van der Waals surface area contributed by atoms with Crippen molar-refractivity contribution in [1.29, 1.82) is 0 Å². The second kappa shape index (κ2) is 8.52. The standard InChI is InChI=1S/C11H26N2/c1-4-6-7-11(5-2)10-13(3)9-8-12/h11H,4-10,12H2,1-3H3. The Morgan fingerprint density at radius 3 is 2.46 bits per heavy atom. The highest BCUT2D eigenvalue weighted by molar-refractivity contribution is 4.62. The highest BCUT2D eigenvalue weighted by Gasteiger charge is 2.08. The highest BCUT2D eigenvalue weighted by atomic mass is 15.1. The fourth-order valence-corrected chi connectivity index (χ4v) is 1.67. The van der Waals surface area contributed by atoms with Gasteiger partial charge in [-0.25, -0.2) is 0 Å². The molecule has 0 aliphatic carbocycles. The van der Waals surface area contributed by atoms with Gasteiger partial charge in [0.1, 0.15) is 0 Å². The van der Waals surface area contributed by atoms with Gasteiger partial charge < -0.3 is 10.6 Å². The molecule has 0 radical (unpaired) electrons. The molecule has 2 nitrogen and oxygen atoms in total. The minimum atomic E-state index is 0.778. The van der Waals surface area contributed by atoms with Gasteiger partial charge in [-0.1, -0.05) is 33.1 Å². The first kappa shape index (κ1) is 12.9. The molecule has 0 amide bonds. The van der Waals surface area contributed by atoms with Gasteiger partial charge in [0, 0.05) is 19.6 Å². The van der Waals surface area contributed by atoms with Gasteiger partial charge in [0.25, 0.3) is 0 Å². The molecule has 2 N–H and O–H groups in total. The Kier molecular flexibility index (Phi) is 8.46. The predicted octanol–water partition coefficient (Wildman–Crippen LogP) is 2.09. The first-order valence-electron chi connectivity index (χ1n) is 5.63. The summed E-state index contributed by atoms with van der Waals surface area (Å²) in [5.41, 5.74) is 5.51. The van der Waals surface area contributed by atoms with E-state index in [4.69, 9.17) is 5.73 Å². The molecule has 0 aromatic rings. The van der Waals surface area contributed by atoms with Crippen molar-refractivity contribution in [1.82, 2.24) is 4.90 Å². The van der Waals surface area contributed by atoms with Crippen LogP contribution in [0.1, 0.15) is 39.5 Å². The van der Waals surface area contributed by atoms with E-state index in [-0.39, 0.29) is 0 Å². The lowest BCUT2D eigenvalue weighted by atomic mass is 9.99. The highest BCUT2D eigenvalue weighted by Crippen LogP contribution is 2.13. The van der Waals surface area contributed by atoms with Gasteiger partial charge in [0.15, 0.2) is 0 Å². The van der Waals surface area contributed by atoms with Gasteiger partial charge in [-0.3, -0.25) is 0 Å². The lowest BCUT2D eigenvalue weighted by molar-refractivity contribution is 0.265. The summed E-state index contributed by atoms with van der Waals surface area (Å²) in [6.07, 6.45) is 5.36. The van der Waals surface area contributed by atoms with Crippen LogP contribution in [0.2, 0.25) is 0 Å². The fourth-order valence-electron chi connectivity index (χ4n) is 1.67. The molecule has 0 aliphatic heterocycles. The number of unbranched alkanes of at least 4 members (excludes halogenated alkanes) is 1. The van der Waals surface area contributed by atoms with Crippen molar-refractivity contribution < 1.29 is 0 Å². The minimum Gasteiger partial charge on any atom is -0.329 e. The maximum atomic E-state index is 5.51. The van der Waals surface area contributed by atoms with Crippen molar-refractivity contribution in [2.45, 2.75) is 39.5 Å². The summed E-state index contributed by atoms with van der Waals surface area (Å²) in [5.74, 6) is 0.872. The van der Waals surface area contributed by atoms with Gasteiger partial charge in [-0.15, -0.1) is 0 Å². The molecule has 80 valence electrons.